The number of anilines is 1. The number of amides is 1. The van der Waals surface area contributed by atoms with Gasteiger partial charge in [-0.2, -0.15) is 0 Å². The lowest BCUT2D eigenvalue weighted by Gasteiger charge is -2.13. The van der Waals surface area contributed by atoms with Gasteiger partial charge in [0.1, 0.15) is 23.8 Å². The van der Waals surface area contributed by atoms with Gasteiger partial charge in [0.25, 0.3) is 5.56 Å². The average Bonchev–Trinajstić information content (AvgIpc) is 3.25. The summed E-state index contributed by atoms with van der Waals surface area (Å²) in [7, 11) is 0. The van der Waals surface area contributed by atoms with Gasteiger partial charge in [0, 0.05) is 42.4 Å². The zero-order chi connectivity index (χ0) is 19.0. The fraction of sp³-hybridized carbons (Fsp3) is 0.294. The van der Waals surface area contributed by atoms with Crippen LogP contribution in [0.2, 0.25) is 0 Å². The Kier molecular flexibility index (Phi) is 4.48. The molecule has 0 aromatic carbocycles. The summed E-state index contributed by atoms with van der Waals surface area (Å²) in [5.74, 6) is 2.23. The molecule has 1 aliphatic rings. The van der Waals surface area contributed by atoms with E-state index < -0.39 is 0 Å². The number of fused-ring (bicyclic) bond motifs is 1. The monoisotopic (exact) mass is 383 g/mol. The molecular formula is C17H17N7O2S. The lowest BCUT2D eigenvalue weighted by Crippen LogP contribution is -2.28. The van der Waals surface area contributed by atoms with E-state index in [4.69, 9.17) is 0 Å². The number of imidazole rings is 1. The van der Waals surface area contributed by atoms with Gasteiger partial charge in [-0.05, 0) is 13.8 Å². The van der Waals surface area contributed by atoms with Gasteiger partial charge in [-0.3, -0.25) is 18.7 Å². The number of hydrogen-bond acceptors (Lipinski definition) is 7. The Balaban J connectivity index is 1.50. The largest absolute Gasteiger partial charge is 0.310 e. The van der Waals surface area contributed by atoms with Crippen molar-refractivity contribution in [2.75, 3.05) is 11.1 Å². The zero-order valence-electron chi connectivity index (χ0n) is 14.8. The van der Waals surface area contributed by atoms with Crippen LogP contribution >= 0.6 is 11.8 Å². The number of hydrogen-bond donors (Lipinski definition) is 1. The standard InChI is InChI=1S/C17H17N7O2S/c1-10-7-19-17-24(16(10)26)12(8-27-17)5-15(25)22-13-6-14(21-9-20-13)23-4-3-18-11(23)2/h3-4,6-7,9,12H,5,8H2,1-2H3,(H,20,21,22,25). The van der Waals surface area contributed by atoms with E-state index in [-0.39, 0.29) is 23.9 Å². The summed E-state index contributed by atoms with van der Waals surface area (Å²) in [4.78, 5) is 41.6. The van der Waals surface area contributed by atoms with E-state index in [1.807, 2.05) is 6.92 Å². The van der Waals surface area contributed by atoms with Gasteiger partial charge in [0.2, 0.25) is 5.91 Å². The second-order valence-corrected chi connectivity index (χ2v) is 7.21. The van der Waals surface area contributed by atoms with E-state index in [2.05, 4.69) is 25.3 Å². The Morgan fingerprint density at radius 3 is 2.93 bits per heavy atom. The molecule has 0 aliphatic carbocycles. The second-order valence-electron chi connectivity index (χ2n) is 6.22. The van der Waals surface area contributed by atoms with E-state index in [1.165, 1.54) is 18.1 Å². The highest BCUT2D eigenvalue weighted by molar-refractivity contribution is 7.99. The number of nitrogens with zero attached hydrogens (tertiary/aromatic N) is 6. The Morgan fingerprint density at radius 1 is 1.30 bits per heavy atom. The molecule has 0 saturated carbocycles. The Bertz CT molecular complexity index is 1080. The van der Waals surface area contributed by atoms with E-state index in [0.29, 0.717) is 28.1 Å². The molecule has 4 heterocycles. The number of aromatic nitrogens is 6. The molecule has 3 aromatic rings. The van der Waals surface area contributed by atoms with Gasteiger partial charge in [0.05, 0.1) is 6.04 Å². The Morgan fingerprint density at radius 2 is 2.15 bits per heavy atom. The molecular weight excluding hydrogens is 366 g/mol. The smallest absolute Gasteiger partial charge is 0.257 e. The molecule has 3 aromatic heterocycles. The lowest BCUT2D eigenvalue weighted by molar-refractivity contribution is -0.116. The minimum absolute atomic E-state index is 0.0947. The second kappa shape index (κ2) is 6.95. The van der Waals surface area contributed by atoms with Crippen molar-refractivity contribution in [2.24, 2.45) is 0 Å². The van der Waals surface area contributed by atoms with E-state index >= 15 is 0 Å². The minimum atomic E-state index is -0.220. The first-order valence-electron chi connectivity index (χ1n) is 8.36. The Hall–Kier alpha value is -3.01. The van der Waals surface area contributed by atoms with Crippen molar-refractivity contribution in [3.8, 4) is 5.82 Å². The molecule has 0 bridgehead atoms. The molecule has 138 valence electrons. The van der Waals surface area contributed by atoms with Crippen LogP contribution in [0.4, 0.5) is 5.82 Å². The molecule has 1 unspecified atom stereocenters. The first-order valence-corrected chi connectivity index (χ1v) is 9.34. The predicted molar refractivity (Wildman–Crippen MR) is 100 cm³/mol. The van der Waals surface area contributed by atoms with E-state index in [9.17, 15) is 9.59 Å². The van der Waals surface area contributed by atoms with Crippen molar-refractivity contribution in [1.29, 1.82) is 0 Å². The van der Waals surface area contributed by atoms with Gasteiger partial charge < -0.3 is 5.32 Å². The number of carbonyl (C=O) groups is 1. The summed E-state index contributed by atoms with van der Waals surface area (Å²) in [5, 5.41) is 3.44. The average molecular weight is 383 g/mol. The van der Waals surface area contributed by atoms with Crippen LogP contribution in [0.25, 0.3) is 5.82 Å². The van der Waals surface area contributed by atoms with Crippen LogP contribution in [0, 0.1) is 13.8 Å². The minimum Gasteiger partial charge on any atom is -0.310 e. The van der Waals surface area contributed by atoms with E-state index in [1.54, 1.807) is 40.7 Å². The maximum Gasteiger partial charge on any atom is 0.257 e. The van der Waals surface area contributed by atoms with Crippen molar-refractivity contribution >= 4 is 23.5 Å². The van der Waals surface area contributed by atoms with Crippen LogP contribution in [0.3, 0.4) is 0 Å². The molecule has 27 heavy (non-hydrogen) atoms. The molecule has 4 rings (SSSR count). The molecule has 1 N–H and O–H groups in total. The highest BCUT2D eigenvalue weighted by Crippen LogP contribution is 2.32. The van der Waals surface area contributed by atoms with Crippen LogP contribution in [-0.4, -0.2) is 40.7 Å². The van der Waals surface area contributed by atoms with Crippen molar-refractivity contribution in [3.05, 3.63) is 52.7 Å². The topological polar surface area (TPSA) is 108 Å². The van der Waals surface area contributed by atoms with Crippen LogP contribution < -0.4 is 10.9 Å². The SMILES string of the molecule is Cc1cnc2n(c1=O)C(CC(=O)Nc1cc(-n3ccnc3C)ncn1)CS2. The molecule has 9 nitrogen and oxygen atoms in total. The molecule has 1 amide bonds. The van der Waals surface area contributed by atoms with Crippen molar-refractivity contribution in [3.63, 3.8) is 0 Å². The van der Waals surface area contributed by atoms with Crippen molar-refractivity contribution in [1.82, 2.24) is 29.1 Å². The van der Waals surface area contributed by atoms with Gasteiger partial charge in [0.15, 0.2) is 5.16 Å². The molecule has 10 heteroatoms. The fourth-order valence-corrected chi connectivity index (χ4v) is 4.05. The molecule has 1 aliphatic heterocycles. The molecule has 0 fully saturated rings. The van der Waals surface area contributed by atoms with Crippen LogP contribution in [0.5, 0.6) is 0 Å². The lowest BCUT2D eigenvalue weighted by atomic mass is 10.2. The first kappa shape index (κ1) is 17.4. The maximum absolute atomic E-state index is 12.5. The van der Waals surface area contributed by atoms with Crippen LogP contribution in [-0.2, 0) is 4.79 Å². The number of thioether (sulfide) groups is 1. The first-order chi connectivity index (χ1) is 13.0. The third kappa shape index (κ3) is 3.35. The van der Waals surface area contributed by atoms with Crippen LogP contribution in [0.1, 0.15) is 23.9 Å². The van der Waals surface area contributed by atoms with Gasteiger partial charge in [-0.25, -0.2) is 19.9 Å². The number of rotatable bonds is 4. The number of aryl methyl sites for hydroxylation is 2. The van der Waals surface area contributed by atoms with Crippen LogP contribution in [0.15, 0.2) is 40.9 Å². The summed E-state index contributed by atoms with van der Waals surface area (Å²) in [6.07, 6.45) is 6.61. The fourth-order valence-electron chi connectivity index (χ4n) is 2.95. The third-order valence-electron chi connectivity index (χ3n) is 4.31. The van der Waals surface area contributed by atoms with Crippen molar-refractivity contribution in [2.45, 2.75) is 31.5 Å². The summed E-state index contributed by atoms with van der Waals surface area (Å²) in [6, 6.07) is 1.46. The Labute approximate surface area is 158 Å². The highest BCUT2D eigenvalue weighted by Gasteiger charge is 2.27. The van der Waals surface area contributed by atoms with E-state index in [0.717, 1.165) is 5.82 Å². The molecule has 0 saturated heterocycles. The summed E-state index contributed by atoms with van der Waals surface area (Å²) >= 11 is 1.49. The highest BCUT2D eigenvalue weighted by atomic mass is 32.2. The summed E-state index contributed by atoms with van der Waals surface area (Å²) in [6.45, 7) is 3.59. The third-order valence-corrected chi connectivity index (χ3v) is 5.43. The maximum atomic E-state index is 12.5. The number of nitrogens with one attached hydrogen (secondary N) is 1. The quantitative estimate of drug-likeness (QED) is 0.680. The normalized spacial score (nSPS) is 15.6. The summed E-state index contributed by atoms with van der Waals surface area (Å²) < 4.78 is 3.41. The number of carbonyl (C=O) groups excluding carboxylic acids is 1. The van der Waals surface area contributed by atoms with Crippen molar-refractivity contribution < 1.29 is 4.79 Å². The molecule has 1 atom stereocenters. The molecule has 0 radical (unpaired) electrons. The van der Waals surface area contributed by atoms with Gasteiger partial charge >= 0.3 is 0 Å². The molecule has 0 spiro atoms. The van der Waals surface area contributed by atoms with Gasteiger partial charge in [-0.15, -0.1) is 0 Å². The summed E-state index contributed by atoms with van der Waals surface area (Å²) in [5.41, 5.74) is 0.477. The van der Waals surface area contributed by atoms with Gasteiger partial charge in [-0.1, -0.05) is 11.8 Å². The zero-order valence-corrected chi connectivity index (χ0v) is 15.6. The predicted octanol–water partition coefficient (Wildman–Crippen LogP) is 1.51.